The quantitative estimate of drug-likeness (QED) is 0.747. The summed E-state index contributed by atoms with van der Waals surface area (Å²) < 4.78 is 5.20. The predicted octanol–water partition coefficient (Wildman–Crippen LogP) is 3.87. The van der Waals surface area contributed by atoms with Gasteiger partial charge in [0.1, 0.15) is 5.75 Å². The Morgan fingerprint density at radius 2 is 1.89 bits per heavy atom. The Kier molecular flexibility index (Phi) is 6.12. The van der Waals surface area contributed by atoms with Gasteiger partial charge in [0.15, 0.2) is 6.10 Å². The average molecular weight is 366 g/mol. The Morgan fingerprint density at radius 3 is 2.52 bits per heavy atom. The van der Waals surface area contributed by atoms with Crippen LogP contribution in [0.1, 0.15) is 31.4 Å². The van der Waals surface area contributed by atoms with E-state index in [-0.39, 0.29) is 17.9 Å². The summed E-state index contributed by atoms with van der Waals surface area (Å²) in [6, 6.07) is 17.8. The Morgan fingerprint density at radius 1 is 1.19 bits per heavy atom. The average Bonchev–Trinajstić information content (AvgIpc) is 3.16. The monoisotopic (exact) mass is 366 g/mol. The number of methoxy groups -OCH3 is 1. The highest BCUT2D eigenvalue weighted by atomic mass is 16.6. The van der Waals surface area contributed by atoms with Crippen molar-refractivity contribution in [1.29, 1.82) is 0 Å². The van der Waals surface area contributed by atoms with Crippen LogP contribution in [0.3, 0.4) is 0 Å². The minimum Gasteiger partial charge on any atom is -0.497 e. The second-order valence-corrected chi connectivity index (χ2v) is 7.06. The van der Waals surface area contributed by atoms with E-state index in [1.807, 2.05) is 73.3 Å². The summed E-state index contributed by atoms with van der Waals surface area (Å²) in [5.41, 5.74) is 3.03. The first-order valence-electron chi connectivity index (χ1n) is 9.26. The van der Waals surface area contributed by atoms with Gasteiger partial charge in [0.05, 0.1) is 19.4 Å². The van der Waals surface area contributed by atoms with E-state index in [0.29, 0.717) is 19.5 Å². The molecule has 1 amide bonds. The standard InChI is InChI=1S/C22H26N2O3/c1-16(2)22(25)24(14-17-7-5-4-6-8-17)15-20-13-21(23-27-20)18-9-11-19(26-3)12-10-18/h4-12,16,20H,13-15H2,1-3H3/t20-/m1/s1. The highest BCUT2D eigenvalue weighted by molar-refractivity contribution is 6.01. The maximum absolute atomic E-state index is 12.7. The maximum Gasteiger partial charge on any atom is 0.225 e. The lowest BCUT2D eigenvalue weighted by Crippen LogP contribution is -2.39. The highest BCUT2D eigenvalue weighted by Crippen LogP contribution is 2.21. The first-order valence-corrected chi connectivity index (χ1v) is 9.26. The Balaban J connectivity index is 1.65. The molecule has 0 saturated carbocycles. The number of carbonyl (C=O) groups excluding carboxylic acids is 1. The van der Waals surface area contributed by atoms with Crippen molar-refractivity contribution in [2.75, 3.05) is 13.7 Å². The zero-order valence-electron chi connectivity index (χ0n) is 16.1. The van der Waals surface area contributed by atoms with Crippen LogP contribution in [-0.2, 0) is 16.2 Å². The summed E-state index contributed by atoms with van der Waals surface area (Å²) in [7, 11) is 1.65. The van der Waals surface area contributed by atoms with Crippen molar-refractivity contribution in [3.63, 3.8) is 0 Å². The molecule has 1 aliphatic heterocycles. The third-order valence-electron chi connectivity index (χ3n) is 4.60. The first-order chi connectivity index (χ1) is 13.1. The molecule has 0 fully saturated rings. The summed E-state index contributed by atoms with van der Waals surface area (Å²) in [5, 5.41) is 4.25. The fourth-order valence-corrected chi connectivity index (χ4v) is 3.13. The second-order valence-electron chi connectivity index (χ2n) is 7.06. The molecular formula is C22H26N2O3. The fraction of sp³-hybridized carbons (Fsp3) is 0.364. The fourth-order valence-electron chi connectivity index (χ4n) is 3.13. The minimum absolute atomic E-state index is 0.0582. The van der Waals surface area contributed by atoms with E-state index in [4.69, 9.17) is 9.57 Å². The Hall–Kier alpha value is -2.82. The van der Waals surface area contributed by atoms with E-state index in [0.717, 1.165) is 22.6 Å². The predicted molar refractivity (Wildman–Crippen MR) is 106 cm³/mol. The minimum atomic E-state index is -0.131. The molecule has 27 heavy (non-hydrogen) atoms. The van der Waals surface area contributed by atoms with Crippen LogP contribution < -0.4 is 4.74 Å². The number of hydrogen-bond acceptors (Lipinski definition) is 4. The normalized spacial score (nSPS) is 16.0. The van der Waals surface area contributed by atoms with Gasteiger partial charge in [-0.25, -0.2) is 0 Å². The molecule has 0 bridgehead atoms. The van der Waals surface area contributed by atoms with Crippen molar-refractivity contribution in [1.82, 2.24) is 4.90 Å². The second kappa shape index (κ2) is 8.71. The molecule has 2 aromatic rings. The maximum atomic E-state index is 12.7. The Labute approximate surface area is 160 Å². The molecule has 0 aliphatic carbocycles. The summed E-state index contributed by atoms with van der Waals surface area (Å²) >= 11 is 0. The Bertz CT molecular complexity index is 785. The van der Waals surface area contributed by atoms with E-state index in [1.165, 1.54) is 0 Å². The number of carbonyl (C=O) groups is 1. The van der Waals surface area contributed by atoms with Crippen LogP contribution in [-0.4, -0.2) is 36.3 Å². The van der Waals surface area contributed by atoms with Crippen LogP contribution in [0.5, 0.6) is 5.75 Å². The largest absolute Gasteiger partial charge is 0.497 e. The van der Waals surface area contributed by atoms with Crippen molar-refractivity contribution in [3.05, 3.63) is 65.7 Å². The number of benzene rings is 2. The van der Waals surface area contributed by atoms with Gasteiger partial charge in [-0.1, -0.05) is 49.3 Å². The third-order valence-corrected chi connectivity index (χ3v) is 4.60. The molecule has 0 radical (unpaired) electrons. The zero-order chi connectivity index (χ0) is 19.2. The van der Waals surface area contributed by atoms with Crippen LogP contribution in [0.2, 0.25) is 0 Å². The molecule has 142 valence electrons. The van der Waals surface area contributed by atoms with Crippen molar-refractivity contribution in [3.8, 4) is 5.75 Å². The molecule has 5 nitrogen and oxygen atoms in total. The molecule has 1 atom stereocenters. The lowest BCUT2D eigenvalue weighted by Gasteiger charge is -2.26. The van der Waals surface area contributed by atoms with E-state index in [1.54, 1.807) is 7.11 Å². The summed E-state index contributed by atoms with van der Waals surface area (Å²) in [6.07, 6.45) is 0.553. The van der Waals surface area contributed by atoms with Crippen molar-refractivity contribution < 1.29 is 14.4 Å². The van der Waals surface area contributed by atoms with E-state index in [9.17, 15) is 4.79 Å². The zero-order valence-corrected chi connectivity index (χ0v) is 16.1. The molecule has 5 heteroatoms. The van der Waals surface area contributed by atoms with E-state index in [2.05, 4.69) is 5.16 Å². The molecule has 1 aliphatic rings. The number of rotatable bonds is 7. The van der Waals surface area contributed by atoms with Gasteiger partial charge < -0.3 is 14.5 Å². The van der Waals surface area contributed by atoms with E-state index < -0.39 is 0 Å². The topological polar surface area (TPSA) is 51.1 Å². The van der Waals surface area contributed by atoms with Crippen LogP contribution in [0.4, 0.5) is 0 Å². The lowest BCUT2D eigenvalue weighted by atomic mass is 10.0. The number of ether oxygens (including phenoxy) is 1. The molecule has 2 aromatic carbocycles. The molecule has 0 unspecified atom stereocenters. The van der Waals surface area contributed by atoms with Crippen LogP contribution >= 0.6 is 0 Å². The number of hydrogen-bond donors (Lipinski definition) is 0. The van der Waals surface area contributed by atoms with Crippen molar-refractivity contribution in [2.45, 2.75) is 32.9 Å². The summed E-state index contributed by atoms with van der Waals surface area (Å²) in [4.78, 5) is 20.2. The molecule has 0 N–H and O–H groups in total. The van der Waals surface area contributed by atoms with Crippen molar-refractivity contribution >= 4 is 11.6 Å². The van der Waals surface area contributed by atoms with Gasteiger partial charge in [0.2, 0.25) is 5.91 Å². The van der Waals surface area contributed by atoms with Gasteiger partial charge in [-0.2, -0.15) is 0 Å². The SMILES string of the molecule is COc1ccc(C2=NO[C@@H](CN(Cc3ccccc3)C(=O)C(C)C)C2)cc1. The molecule has 0 saturated heterocycles. The highest BCUT2D eigenvalue weighted by Gasteiger charge is 2.27. The van der Waals surface area contributed by atoms with Gasteiger partial charge >= 0.3 is 0 Å². The summed E-state index contributed by atoms with van der Waals surface area (Å²) in [6.45, 7) is 4.95. The van der Waals surface area contributed by atoms with E-state index >= 15 is 0 Å². The van der Waals surface area contributed by atoms with Crippen LogP contribution in [0.15, 0.2) is 59.8 Å². The third kappa shape index (κ3) is 4.88. The van der Waals surface area contributed by atoms with Crippen molar-refractivity contribution in [2.24, 2.45) is 11.1 Å². The van der Waals surface area contributed by atoms with Gasteiger partial charge in [-0.05, 0) is 35.4 Å². The van der Waals surface area contributed by atoms with Gasteiger partial charge in [-0.3, -0.25) is 4.79 Å². The van der Waals surface area contributed by atoms with Gasteiger partial charge in [0.25, 0.3) is 0 Å². The number of oxime groups is 1. The van der Waals surface area contributed by atoms with Gasteiger partial charge in [0, 0.05) is 18.9 Å². The van der Waals surface area contributed by atoms with Gasteiger partial charge in [-0.15, -0.1) is 0 Å². The van der Waals surface area contributed by atoms with Crippen LogP contribution in [0.25, 0.3) is 0 Å². The number of amides is 1. The summed E-state index contributed by atoms with van der Waals surface area (Å²) in [5.74, 6) is 0.879. The number of nitrogens with zero attached hydrogens (tertiary/aromatic N) is 2. The molecule has 0 spiro atoms. The molecule has 1 heterocycles. The molecule has 3 rings (SSSR count). The first kappa shape index (κ1) is 19.0. The molecular weight excluding hydrogens is 340 g/mol. The lowest BCUT2D eigenvalue weighted by molar-refractivity contribution is -0.136. The molecule has 0 aromatic heterocycles. The smallest absolute Gasteiger partial charge is 0.225 e. The van der Waals surface area contributed by atoms with Crippen LogP contribution in [0, 0.1) is 5.92 Å².